The molecule has 1 N–H and O–H groups in total. The maximum absolute atomic E-state index is 14.0. The third kappa shape index (κ3) is 8.08. The monoisotopic (exact) mass is 629 g/mol. The van der Waals surface area contributed by atoms with Gasteiger partial charge < -0.3 is 15.0 Å². The van der Waals surface area contributed by atoms with Crippen LogP contribution in [-0.4, -0.2) is 51.4 Å². The van der Waals surface area contributed by atoms with Gasteiger partial charge in [-0.15, -0.1) is 0 Å². The van der Waals surface area contributed by atoms with Crippen molar-refractivity contribution in [1.29, 1.82) is 0 Å². The Balaban J connectivity index is 2.00. The number of methoxy groups -OCH3 is 1. The number of benzene rings is 3. The molecule has 3 aromatic carbocycles. The van der Waals surface area contributed by atoms with Crippen LogP contribution < -0.4 is 14.4 Å². The zero-order chi connectivity index (χ0) is 29.4. The second-order valence-electron chi connectivity index (χ2n) is 9.99. The highest BCUT2D eigenvalue weighted by Crippen LogP contribution is 2.27. The van der Waals surface area contributed by atoms with Crippen LogP contribution in [0.3, 0.4) is 0 Å². The van der Waals surface area contributed by atoms with Gasteiger partial charge in [0.05, 0.1) is 17.7 Å². The number of halogens is 1. The number of ether oxygens (including phenoxy) is 1. The fourth-order valence-corrected chi connectivity index (χ4v) is 5.75. The van der Waals surface area contributed by atoms with Crippen molar-refractivity contribution in [2.45, 2.75) is 45.2 Å². The second-order valence-corrected chi connectivity index (χ2v) is 12.8. The molecule has 0 aliphatic rings. The van der Waals surface area contributed by atoms with Crippen molar-refractivity contribution in [3.8, 4) is 5.75 Å². The minimum absolute atomic E-state index is 0.0651. The number of nitrogens with one attached hydrogen (secondary N) is 1. The number of rotatable bonds is 12. The summed E-state index contributed by atoms with van der Waals surface area (Å²) in [6.07, 6.45) is 0. The molecular weight excluding hydrogens is 594 g/mol. The van der Waals surface area contributed by atoms with Gasteiger partial charge in [-0.1, -0.05) is 65.7 Å². The van der Waals surface area contributed by atoms with Crippen molar-refractivity contribution in [2.75, 3.05) is 24.5 Å². The molecule has 40 heavy (non-hydrogen) atoms. The maximum atomic E-state index is 14.0. The summed E-state index contributed by atoms with van der Waals surface area (Å²) >= 11 is 3.41. The minimum Gasteiger partial charge on any atom is -0.497 e. The molecule has 214 valence electrons. The summed E-state index contributed by atoms with van der Waals surface area (Å²) in [5.74, 6) is 0.0626. The van der Waals surface area contributed by atoms with Crippen molar-refractivity contribution < 1.29 is 22.7 Å². The molecule has 3 rings (SSSR count). The number of carbonyl (C=O) groups excluding carboxylic acids is 2. The van der Waals surface area contributed by atoms with Gasteiger partial charge in [0.2, 0.25) is 11.8 Å². The first-order valence-corrected chi connectivity index (χ1v) is 15.2. The van der Waals surface area contributed by atoms with Crippen LogP contribution in [0.1, 0.15) is 31.9 Å². The molecule has 10 heteroatoms. The predicted molar refractivity (Wildman–Crippen MR) is 161 cm³/mol. The van der Waals surface area contributed by atoms with Crippen molar-refractivity contribution in [3.63, 3.8) is 0 Å². The summed E-state index contributed by atoms with van der Waals surface area (Å²) in [5.41, 5.74) is 2.01. The number of hydrogen-bond donors (Lipinski definition) is 1. The number of sulfonamides is 1. The first kappa shape index (κ1) is 31.2. The fraction of sp³-hybridized carbons (Fsp3) is 0.333. The largest absolute Gasteiger partial charge is 0.497 e. The topological polar surface area (TPSA) is 96.0 Å². The summed E-state index contributed by atoms with van der Waals surface area (Å²) in [7, 11) is -2.55. The third-order valence-electron chi connectivity index (χ3n) is 6.35. The Morgan fingerprint density at radius 1 is 0.975 bits per heavy atom. The van der Waals surface area contributed by atoms with Crippen LogP contribution in [0.25, 0.3) is 0 Å². The summed E-state index contributed by atoms with van der Waals surface area (Å²) in [6, 6.07) is 19.6. The van der Waals surface area contributed by atoms with Crippen LogP contribution in [0, 0.1) is 12.8 Å². The Labute approximate surface area is 245 Å². The summed E-state index contributed by atoms with van der Waals surface area (Å²) in [6.45, 7) is 7.55. The highest BCUT2D eigenvalue weighted by atomic mass is 79.9. The van der Waals surface area contributed by atoms with Gasteiger partial charge in [0.25, 0.3) is 10.0 Å². The summed E-state index contributed by atoms with van der Waals surface area (Å²) in [4.78, 5) is 28.5. The Kier molecular flexibility index (Phi) is 10.8. The molecule has 8 nitrogen and oxygen atoms in total. The van der Waals surface area contributed by atoms with Gasteiger partial charge in [0.15, 0.2) is 0 Å². The van der Waals surface area contributed by atoms with Crippen molar-refractivity contribution >= 4 is 43.5 Å². The minimum atomic E-state index is -4.12. The van der Waals surface area contributed by atoms with E-state index in [9.17, 15) is 18.0 Å². The lowest BCUT2D eigenvalue weighted by atomic mass is 10.1. The Hall–Kier alpha value is -3.37. The van der Waals surface area contributed by atoms with Crippen molar-refractivity contribution in [2.24, 2.45) is 5.92 Å². The average Bonchev–Trinajstić information content (AvgIpc) is 2.93. The van der Waals surface area contributed by atoms with Crippen molar-refractivity contribution in [3.05, 3.63) is 88.4 Å². The van der Waals surface area contributed by atoms with Crippen molar-refractivity contribution in [1.82, 2.24) is 10.2 Å². The van der Waals surface area contributed by atoms with Crippen LogP contribution in [0.5, 0.6) is 5.75 Å². The van der Waals surface area contributed by atoms with Gasteiger partial charge >= 0.3 is 0 Å². The molecule has 0 bridgehead atoms. The van der Waals surface area contributed by atoms with Crippen LogP contribution in [0.2, 0.25) is 0 Å². The molecule has 2 amide bonds. The standard InChI is InChI=1S/C30H36BrN3O5S/c1-21(2)18-32-30(36)23(4)33(19-24-11-13-27(39-5)14-12-24)29(35)20-34(26-8-6-7-25(31)17-26)40(37,38)28-15-9-22(3)10-16-28/h6-17,21,23H,18-20H2,1-5H3,(H,32,36)/t23-/m0/s1. The van der Waals surface area contributed by atoms with Gasteiger partial charge in [0, 0.05) is 17.6 Å². The van der Waals surface area contributed by atoms with Crippen LogP contribution in [0.4, 0.5) is 5.69 Å². The number of amides is 2. The Bertz CT molecular complexity index is 1410. The molecule has 0 aromatic heterocycles. The van der Waals surface area contributed by atoms with E-state index in [2.05, 4.69) is 21.2 Å². The third-order valence-corrected chi connectivity index (χ3v) is 8.63. The summed E-state index contributed by atoms with van der Waals surface area (Å²) < 4.78 is 34.7. The number of hydrogen-bond acceptors (Lipinski definition) is 5. The average molecular weight is 631 g/mol. The maximum Gasteiger partial charge on any atom is 0.264 e. The molecule has 0 aliphatic heterocycles. The highest BCUT2D eigenvalue weighted by molar-refractivity contribution is 9.10. The van der Waals surface area contributed by atoms with E-state index in [1.165, 1.54) is 17.0 Å². The fourth-order valence-electron chi connectivity index (χ4n) is 3.96. The molecular formula is C30H36BrN3O5S. The predicted octanol–water partition coefficient (Wildman–Crippen LogP) is 5.15. The van der Waals surface area contributed by atoms with E-state index in [0.717, 1.165) is 15.4 Å². The number of anilines is 1. The number of carbonyl (C=O) groups is 2. The molecule has 1 atom stereocenters. The van der Waals surface area contributed by atoms with E-state index >= 15 is 0 Å². The quantitative estimate of drug-likeness (QED) is 0.299. The van der Waals surface area contributed by atoms with E-state index in [1.807, 2.05) is 32.9 Å². The second kappa shape index (κ2) is 13.8. The lowest BCUT2D eigenvalue weighted by Gasteiger charge is -2.32. The smallest absolute Gasteiger partial charge is 0.264 e. The molecule has 0 fully saturated rings. The van der Waals surface area contributed by atoms with Crippen LogP contribution in [0.15, 0.2) is 82.2 Å². The molecule has 0 saturated heterocycles. The molecule has 0 aliphatic carbocycles. The van der Waals surface area contributed by atoms with Gasteiger partial charge in [-0.05, 0) is 67.8 Å². The van der Waals surface area contributed by atoms with E-state index < -0.39 is 28.5 Å². The first-order valence-electron chi connectivity index (χ1n) is 13.0. The van der Waals surface area contributed by atoms with Crippen LogP contribution in [-0.2, 0) is 26.2 Å². The first-order chi connectivity index (χ1) is 18.9. The van der Waals surface area contributed by atoms with Gasteiger partial charge in [-0.3, -0.25) is 13.9 Å². The molecule has 3 aromatic rings. The molecule has 0 spiro atoms. The highest BCUT2D eigenvalue weighted by Gasteiger charge is 2.32. The number of aryl methyl sites for hydroxylation is 1. The summed E-state index contributed by atoms with van der Waals surface area (Å²) in [5, 5.41) is 2.88. The lowest BCUT2D eigenvalue weighted by molar-refractivity contribution is -0.139. The van der Waals surface area contributed by atoms with Gasteiger partial charge in [0.1, 0.15) is 18.3 Å². The molecule has 0 heterocycles. The van der Waals surface area contributed by atoms with E-state index in [4.69, 9.17) is 4.74 Å². The van der Waals surface area contributed by atoms with E-state index in [0.29, 0.717) is 22.5 Å². The zero-order valence-electron chi connectivity index (χ0n) is 23.4. The zero-order valence-corrected chi connectivity index (χ0v) is 25.8. The SMILES string of the molecule is COc1ccc(CN(C(=O)CN(c2cccc(Br)c2)S(=O)(=O)c2ccc(C)cc2)[C@@H](C)C(=O)NCC(C)C)cc1. The molecule has 0 unspecified atom stereocenters. The van der Waals surface area contributed by atoms with Gasteiger partial charge in [-0.25, -0.2) is 8.42 Å². The normalized spacial score (nSPS) is 12.1. The molecule has 0 saturated carbocycles. The Morgan fingerprint density at radius 2 is 1.62 bits per heavy atom. The van der Waals surface area contributed by atoms with E-state index in [-0.39, 0.29) is 23.3 Å². The van der Waals surface area contributed by atoms with Gasteiger partial charge in [-0.2, -0.15) is 0 Å². The lowest BCUT2D eigenvalue weighted by Crippen LogP contribution is -2.51. The Morgan fingerprint density at radius 3 is 2.20 bits per heavy atom. The molecule has 0 radical (unpaired) electrons. The van der Waals surface area contributed by atoms with Crippen LogP contribution >= 0.6 is 15.9 Å². The number of nitrogens with zero attached hydrogens (tertiary/aromatic N) is 2. The van der Waals surface area contributed by atoms with E-state index in [1.54, 1.807) is 62.6 Å².